The summed E-state index contributed by atoms with van der Waals surface area (Å²) >= 11 is 0. The first kappa shape index (κ1) is 8.86. The predicted octanol–water partition coefficient (Wildman–Crippen LogP) is 2.83. The first-order chi connectivity index (χ1) is 11.1. The van der Waals surface area contributed by atoms with E-state index in [1.807, 2.05) is 0 Å². The van der Waals surface area contributed by atoms with Gasteiger partial charge in [0, 0.05) is 17.4 Å². The molecule has 0 heterocycles. The quantitative estimate of drug-likeness (QED) is 0.503. The second-order valence-corrected chi connectivity index (χ2v) is 3.63. The van der Waals surface area contributed by atoms with E-state index in [9.17, 15) is 20.2 Å². The van der Waals surface area contributed by atoms with Crippen molar-refractivity contribution in [3.63, 3.8) is 0 Å². The minimum atomic E-state index is -0.858. The van der Waals surface area contributed by atoms with Crippen molar-refractivity contribution >= 4 is 28.4 Å². The molecule has 3 N–H and O–H groups in total. The molecule has 0 fully saturated rings. The van der Waals surface area contributed by atoms with Crippen LogP contribution in [0, 0.1) is 20.2 Å². The standard InChI is InChI=1S/C12H10N4O4/c13-8-1-3-9(4-2-8)14-11-6-5-10(15(17)18)7-12(11)16(19)20/h1-7,14H,13H2/i1D,2D,3D,4D. The number of nitrogens with two attached hydrogens (primary N) is 1. The number of nitro groups is 2. The Labute approximate surface area is 118 Å². The maximum absolute atomic E-state index is 11.1. The third kappa shape index (κ3) is 2.80. The summed E-state index contributed by atoms with van der Waals surface area (Å²) in [6.45, 7) is 0. The molecule has 20 heavy (non-hydrogen) atoms. The summed E-state index contributed by atoms with van der Waals surface area (Å²) in [6.07, 6.45) is 0. The minimum absolute atomic E-state index is 0.212. The molecule has 0 aliphatic rings. The summed E-state index contributed by atoms with van der Waals surface area (Å²) in [4.78, 5) is 20.2. The minimum Gasteiger partial charge on any atom is -0.399 e. The van der Waals surface area contributed by atoms with Gasteiger partial charge in [-0.05, 0) is 30.2 Å². The Morgan fingerprint density at radius 1 is 1.10 bits per heavy atom. The first-order valence-corrected chi connectivity index (χ1v) is 5.20. The van der Waals surface area contributed by atoms with Gasteiger partial charge in [-0.1, -0.05) is 0 Å². The lowest BCUT2D eigenvalue weighted by molar-refractivity contribution is -0.393. The number of nitrogens with one attached hydrogen (secondary N) is 1. The molecule has 0 atom stereocenters. The number of nitrogens with zero attached hydrogens (tertiary/aromatic N) is 2. The highest BCUT2D eigenvalue weighted by Gasteiger charge is 2.19. The lowest BCUT2D eigenvalue weighted by atomic mass is 10.2. The highest BCUT2D eigenvalue weighted by molar-refractivity contribution is 5.72. The van der Waals surface area contributed by atoms with Crippen molar-refractivity contribution < 1.29 is 15.3 Å². The second-order valence-electron chi connectivity index (χ2n) is 3.63. The summed E-state index contributed by atoms with van der Waals surface area (Å²) in [5.41, 5.74) is 3.43. The molecule has 0 saturated heterocycles. The van der Waals surface area contributed by atoms with E-state index in [1.165, 1.54) is 0 Å². The van der Waals surface area contributed by atoms with Gasteiger partial charge in [-0.15, -0.1) is 0 Å². The summed E-state index contributed by atoms with van der Waals surface area (Å²) in [7, 11) is 0. The van der Waals surface area contributed by atoms with E-state index in [0.29, 0.717) is 0 Å². The van der Waals surface area contributed by atoms with Gasteiger partial charge < -0.3 is 11.1 Å². The van der Waals surface area contributed by atoms with Gasteiger partial charge in [0.15, 0.2) is 0 Å². The topological polar surface area (TPSA) is 124 Å². The van der Waals surface area contributed by atoms with E-state index < -0.39 is 45.4 Å². The van der Waals surface area contributed by atoms with Crippen LogP contribution in [0.5, 0.6) is 0 Å². The number of hydrogen-bond donors (Lipinski definition) is 2. The van der Waals surface area contributed by atoms with Crippen LogP contribution in [0.15, 0.2) is 42.4 Å². The van der Waals surface area contributed by atoms with Crippen LogP contribution in [0.25, 0.3) is 0 Å². The van der Waals surface area contributed by atoms with Crippen molar-refractivity contribution in [1.29, 1.82) is 0 Å². The van der Waals surface area contributed by atoms with E-state index in [0.717, 1.165) is 18.2 Å². The molecule has 0 spiro atoms. The third-order valence-corrected chi connectivity index (χ3v) is 2.29. The molecular formula is C12H10N4O4. The molecule has 0 aliphatic heterocycles. The third-order valence-electron chi connectivity index (χ3n) is 2.29. The number of non-ortho nitro benzene ring substituents is 1. The number of benzene rings is 2. The van der Waals surface area contributed by atoms with Crippen LogP contribution in [-0.2, 0) is 0 Å². The molecular weight excluding hydrogens is 264 g/mol. The van der Waals surface area contributed by atoms with Crippen molar-refractivity contribution in [1.82, 2.24) is 0 Å². The van der Waals surface area contributed by atoms with E-state index in [1.54, 1.807) is 0 Å². The maximum Gasteiger partial charge on any atom is 0.299 e. The van der Waals surface area contributed by atoms with Gasteiger partial charge in [0.25, 0.3) is 11.4 Å². The molecule has 0 saturated carbocycles. The normalized spacial score (nSPS) is 12.8. The van der Waals surface area contributed by atoms with E-state index in [4.69, 9.17) is 11.2 Å². The fourth-order valence-corrected chi connectivity index (χ4v) is 1.41. The average molecular weight is 278 g/mol. The number of hydrogen-bond acceptors (Lipinski definition) is 6. The van der Waals surface area contributed by atoms with E-state index in [-0.39, 0.29) is 17.1 Å². The van der Waals surface area contributed by atoms with E-state index in [2.05, 4.69) is 5.32 Å². The summed E-state index contributed by atoms with van der Waals surface area (Å²) < 4.78 is 30.9. The van der Waals surface area contributed by atoms with Crippen molar-refractivity contribution in [2.24, 2.45) is 0 Å². The molecule has 8 nitrogen and oxygen atoms in total. The lowest BCUT2D eigenvalue weighted by Gasteiger charge is -2.07. The fourth-order valence-electron chi connectivity index (χ4n) is 1.41. The van der Waals surface area contributed by atoms with Crippen molar-refractivity contribution in [3.05, 3.63) is 62.6 Å². The van der Waals surface area contributed by atoms with Gasteiger partial charge in [0.2, 0.25) is 0 Å². The van der Waals surface area contributed by atoms with Crippen molar-refractivity contribution in [2.45, 2.75) is 0 Å². The SMILES string of the molecule is [2H]c1c([2H])c(Nc2ccc([N+](=O)[O-])cc2[N+](=O)[O-])c([2H])c([2H])c1N. The Morgan fingerprint density at radius 2 is 1.75 bits per heavy atom. The molecule has 0 unspecified atom stereocenters. The van der Waals surface area contributed by atoms with Gasteiger partial charge in [0.05, 0.1) is 21.4 Å². The summed E-state index contributed by atoms with van der Waals surface area (Å²) in [5.74, 6) is 0. The predicted molar refractivity (Wildman–Crippen MR) is 73.9 cm³/mol. The molecule has 2 aromatic rings. The van der Waals surface area contributed by atoms with Crippen LogP contribution < -0.4 is 11.1 Å². The van der Waals surface area contributed by atoms with Crippen LogP contribution >= 0.6 is 0 Å². The zero-order valence-corrected chi connectivity index (χ0v) is 9.84. The van der Waals surface area contributed by atoms with Crippen LogP contribution in [0.1, 0.15) is 5.48 Å². The summed E-state index contributed by atoms with van der Waals surface area (Å²) in [5, 5.41) is 24.2. The molecule has 8 heteroatoms. The van der Waals surface area contributed by atoms with Gasteiger partial charge in [-0.3, -0.25) is 20.2 Å². The van der Waals surface area contributed by atoms with Crippen LogP contribution in [0.2, 0.25) is 0 Å². The van der Waals surface area contributed by atoms with Crippen LogP contribution in [-0.4, -0.2) is 9.85 Å². The number of nitro benzene ring substituents is 2. The molecule has 2 rings (SSSR count). The Morgan fingerprint density at radius 3 is 2.30 bits per heavy atom. The van der Waals surface area contributed by atoms with E-state index >= 15 is 0 Å². The van der Waals surface area contributed by atoms with Gasteiger partial charge in [-0.25, -0.2) is 0 Å². The molecule has 0 amide bonds. The fraction of sp³-hybridized carbons (Fsp3) is 0. The molecule has 0 radical (unpaired) electrons. The molecule has 102 valence electrons. The lowest BCUT2D eigenvalue weighted by Crippen LogP contribution is -1.99. The highest BCUT2D eigenvalue weighted by Crippen LogP contribution is 2.31. The van der Waals surface area contributed by atoms with Gasteiger partial charge in [0.1, 0.15) is 5.69 Å². The Kier molecular flexibility index (Phi) is 2.31. The molecule has 0 aliphatic carbocycles. The van der Waals surface area contributed by atoms with Gasteiger partial charge >= 0.3 is 0 Å². The number of rotatable bonds is 4. The highest BCUT2D eigenvalue weighted by atomic mass is 16.6. The molecule has 0 bridgehead atoms. The van der Waals surface area contributed by atoms with Crippen molar-refractivity contribution in [2.75, 3.05) is 11.1 Å². The Hall–Kier alpha value is -3.16. The maximum atomic E-state index is 11.1. The van der Waals surface area contributed by atoms with Crippen LogP contribution in [0.3, 0.4) is 0 Å². The van der Waals surface area contributed by atoms with Gasteiger partial charge in [-0.2, -0.15) is 0 Å². The Bertz CT molecular complexity index is 846. The van der Waals surface area contributed by atoms with Crippen LogP contribution in [0.4, 0.5) is 28.4 Å². The second kappa shape index (κ2) is 5.22. The molecule has 2 aromatic carbocycles. The Balaban J connectivity index is 2.61. The largest absolute Gasteiger partial charge is 0.399 e. The zero-order chi connectivity index (χ0) is 18.2. The number of anilines is 3. The first-order valence-electron chi connectivity index (χ1n) is 7.20. The smallest absolute Gasteiger partial charge is 0.299 e. The molecule has 0 aromatic heterocycles. The average Bonchev–Trinajstić information content (AvgIpc) is 2.54. The zero-order valence-electron chi connectivity index (χ0n) is 13.8. The van der Waals surface area contributed by atoms with Crippen molar-refractivity contribution in [3.8, 4) is 0 Å². The number of nitrogen functional groups attached to an aromatic ring is 1. The monoisotopic (exact) mass is 278 g/mol. The summed E-state index contributed by atoms with van der Waals surface area (Å²) in [6, 6.07) is 0.784.